The fourth-order valence-electron chi connectivity index (χ4n) is 3.45. The Kier molecular flexibility index (Phi) is 7.15. The number of anilines is 2. The van der Waals surface area contributed by atoms with E-state index >= 15 is 0 Å². The second kappa shape index (κ2) is 9.80. The molecule has 2 N–H and O–H groups in total. The SMILES string of the molecule is CCOc1ccc(S(=O)(=O)Nc2cc(C(=O)O)cnc2N2CCCCCCC2)cc1. The first-order valence-corrected chi connectivity index (χ1v) is 11.6. The minimum Gasteiger partial charge on any atom is -0.494 e. The van der Waals surface area contributed by atoms with E-state index in [1.54, 1.807) is 12.1 Å². The molecule has 0 spiro atoms. The zero-order chi connectivity index (χ0) is 21.6. The number of aromatic nitrogens is 1. The highest BCUT2D eigenvalue weighted by Gasteiger charge is 2.22. The molecular weight excluding hydrogens is 406 g/mol. The van der Waals surface area contributed by atoms with Gasteiger partial charge in [-0.25, -0.2) is 18.2 Å². The predicted octanol–water partition coefficient (Wildman–Crippen LogP) is 3.75. The van der Waals surface area contributed by atoms with Crippen LogP contribution in [0.5, 0.6) is 5.75 Å². The molecule has 0 saturated carbocycles. The number of pyridine rings is 1. The van der Waals surface area contributed by atoms with E-state index in [9.17, 15) is 18.3 Å². The number of hydrogen-bond donors (Lipinski definition) is 2. The summed E-state index contributed by atoms with van der Waals surface area (Å²) in [5.74, 6) is -0.132. The van der Waals surface area contributed by atoms with E-state index in [0.29, 0.717) is 18.2 Å². The smallest absolute Gasteiger partial charge is 0.337 e. The topological polar surface area (TPSA) is 109 Å². The van der Waals surface area contributed by atoms with Crippen LogP contribution in [0.1, 0.15) is 49.4 Å². The number of carbonyl (C=O) groups is 1. The number of ether oxygens (including phenoxy) is 1. The molecular formula is C21H27N3O5S. The van der Waals surface area contributed by atoms with Crippen molar-refractivity contribution < 1.29 is 23.1 Å². The van der Waals surface area contributed by atoms with Crippen LogP contribution < -0.4 is 14.4 Å². The molecule has 0 radical (unpaired) electrons. The van der Waals surface area contributed by atoms with Crippen LogP contribution in [0.25, 0.3) is 0 Å². The van der Waals surface area contributed by atoms with Crippen LogP contribution in [0.4, 0.5) is 11.5 Å². The van der Waals surface area contributed by atoms with Crippen LogP contribution in [0.2, 0.25) is 0 Å². The summed E-state index contributed by atoms with van der Waals surface area (Å²) in [7, 11) is -3.93. The van der Waals surface area contributed by atoms with E-state index in [1.807, 2.05) is 11.8 Å². The lowest BCUT2D eigenvalue weighted by Gasteiger charge is -2.28. The Morgan fingerprint density at radius 2 is 1.77 bits per heavy atom. The van der Waals surface area contributed by atoms with Crippen LogP contribution in [0.15, 0.2) is 41.4 Å². The lowest BCUT2D eigenvalue weighted by Crippen LogP contribution is -2.29. The number of hydrogen-bond acceptors (Lipinski definition) is 6. The normalized spacial score (nSPS) is 15.2. The number of rotatable bonds is 7. The third-order valence-electron chi connectivity index (χ3n) is 4.96. The third-order valence-corrected chi connectivity index (χ3v) is 6.34. The summed E-state index contributed by atoms with van der Waals surface area (Å²) in [6.07, 6.45) is 6.64. The number of sulfonamides is 1. The Morgan fingerprint density at radius 1 is 1.13 bits per heavy atom. The predicted molar refractivity (Wildman–Crippen MR) is 115 cm³/mol. The van der Waals surface area contributed by atoms with Crippen LogP contribution in [-0.2, 0) is 10.0 Å². The summed E-state index contributed by atoms with van der Waals surface area (Å²) in [5, 5.41) is 9.34. The average molecular weight is 434 g/mol. The molecule has 9 heteroatoms. The van der Waals surface area contributed by atoms with Gasteiger partial charge in [-0.15, -0.1) is 0 Å². The average Bonchev–Trinajstić information content (AvgIpc) is 2.68. The van der Waals surface area contributed by atoms with Crippen molar-refractivity contribution in [3.63, 3.8) is 0 Å². The number of benzene rings is 1. The van der Waals surface area contributed by atoms with Gasteiger partial charge < -0.3 is 14.7 Å². The van der Waals surface area contributed by atoms with Crippen LogP contribution in [0, 0.1) is 0 Å². The molecule has 2 heterocycles. The second-order valence-electron chi connectivity index (χ2n) is 7.17. The van der Waals surface area contributed by atoms with Crippen LogP contribution >= 0.6 is 0 Å². The molecule has 1 aliphatic rings. The molecule has 1 aliphatic heterocycles. The highest BCUT2D eigenvalue weighted by molar-refractivity contribution is 7.92. The molecule has 3 rings (SSSR count). The van der Waals surface area contributed by atoms with E-state index in [0.717, 1.165) is 38.8 Å². The zero-order valence-electron chi connectivity index (χ0n) is 17.0. The fourth-order valence-corrected chi connectivity index (χ4v) is 4.50. The van der Waals surface area contributed by atoms with Crippen molar-refractivity contribution in [1.82, 2.24) is 4.98 Å². The van der Waals surface area contributed by atoms with Gasteiger partial charge in [0.25, 0.3) is 10.0 Å². The van der Waals surface area contributed by atoms with E-state index in [4.69, 9.17) is 4.74 Å². The third kappa shape index (κ3) is 5.41. The number of aromatic carboxylic acids is 1. The van der Waals surface area contributed by atoms with Crippen molar-refractivity contribution in [1.29, 1.82) is 0 Å². The van der Waals surface area contributed by atoms with Gasteiger partial charge in [-0.1, -0.05) is 19.3 Å². The molecule has 0 aliphatic carbocycles. The minimum absolute atomic E-state index is 0.0605. The highest BCUT2D eigenvalue weighted by Crippen LogP contribution is 2.29. The number of nitrogens with zero attached hydrogens (tertiary/aromatic N) is 2. The first kappa shape index (κ1) is 21.9. The monoisotopic (exact) mass is 433 g/mol. The summed E-state index contributed by atoms with van der Waals surface area (Å²) >= 11 is 0. The molecule has 1 aromatic carbocycles. The minimum atomic E-state index is -3.93. The summed E-state index contributed by atoms with van der Waals surface area (Å²) < 4.78 is 33.8. The molecule has 0 atom stereocenters. The van der Waals surface area contributed by atoms with Gasteiger partial charge >= 0.3 is 5.97 Å². The molecule has 0 amide bonds. The van der Waals surface area contributed by atoms with Crippen molar-refractivity contribution in [3.8, 4) is 5.75 Å². The van der Waals surface area contributed by atoms with Gasteiger partial charge in [0, 0.05) is 19.3 Å². The quantitative estimate of drug-likeness (QED) is 0.684. The molecule has 2 aromatic rings. The molecule has 1 aromatic heterocycles. The molecule has 0 unspecified atom stereocenters. The number of carboxylic acid groups (broad SMARTS) is 1. The maximum absolute atomic E-state index is 13.0. The van der Waals surface area contributed by atoms with Crippen LogP contribution in [-0.4, -0.2) is 44.2 Å². The zero-order valence-corrected chi connectivity index (χ0v) is 17.8. The van der Waals surface area contributed by atoms with Gasteiger partial charge in [0.2, 0.25) is 0 Å². The van der Waals surface area contributed by atoms with Crippen molar-refractivity contribution in [2.45, 2.75) is 43.9 Å². The first-order valence-electron chi connectivity index (χ1n) is 10.1. The molecule has 8 nitrogen and oxygen atoms in total. The number of nitrogens with one attached hydrogen (secondary N) is 1. The van der Waals surface area contributed by atoms with Crippen molar-refractivity contribution in [2.75, 3.05) is 29.3 Å². The Morgan fingerprint density at radius 3 is 2.37 bits per heavy atom. The van der Waals surface area contributed by atoms with Crippen LogP contribution in [0.3, 0.4) is 0 Å². The van der Waals surface area contributed by atoms with Crippen molar-refractivity contribution in [2.24, 2.45) is 0 Å². The largest absolute Gasteiger partial charge is 0.494 e. The summed E-state index contributed by atoms with van der Waals surface area (Å²) in [5.41, 5.74) is 0.0968. The Bertz CT molecular complexity index is 969. The van der Waals surface area contributed by atoms with E-state index < -0.39 is 16.0 Å². The van der Waals surface area contributed by atoms with Crippen molar-refractivity contribution >= 4 is 27.5 Å². The lowest BCUT2D eigenvalue weighted by molar-refractivity contribution is 0.0696. The fraction of sp³-hybridized carbons (Fsp3) is 0.429. The summed E-state index contributed by atoms with van der Waals surface area (Å²) in [6.45, 7) is 3.83. The molecule has 1 saturated heterocycles. The molecule has 162 valence electrons. The van der Waals surface area contributed by atoms with E-state index in [2.05, 4.69) is 9.71 Å². The molecule has 1 fully saturated rings. The maximum Gasteiger partial charge on any atom is 0.337 e. The van der Waals surface area contributed by atoms with Gasteiger partial charge in [-0.3, -0.25) is 4.72 Å². The second-order valence-corrected chi connectivity index (χ2v) is 8.85. The Hall–Kier alpha value is -2.81. The van der Waals surface area contributed by atoms with E-state index in [-0.39, 0.29) is 16.1 Å². The first-order chi connectivity index (χ1) is 14.4. The lowest BCUT2D eigenvalue weighted by atomic mass is 10.1. The van der Waals surface area contributed by atoms with Gasteiger partial charge in [-0.2, -0.15) is 0 Å². The molecule has 0 bridgehead atoms. The Balaban J connectivity index is 1.93. The van der Waals surface area contributed by atoms with Crippen molar-refractivity contribution in [3.05, 3.63) is 42.1 Å². The summed E-state index contributed by atoms with van der Waals surface area (Å²) in [4.78, 5) is 17.8. The Labute approximate surface area is 176 Å². The van der Waals surface area contributed by atoms with Gasteiger partial charge in [0.1, 0.15) is 5.75 Å². The highest BCUT2D eigenvalue weighted by atomic mass is 32.2. The summed E-state index contributed by atoms with van der Waals surface area (Å²) in [6, 6.07) is 7.41. The van der Waals surface area contributed by atoms with Gasteiger partial charge in [0.15, 0.2) is 5.82 Å². The number of carboxylic acids is 1. The van der Waals surface area contributed by atoms with Gasteiger partial charge in [-0.05, 0) is 50.1 Å². The standard InChI is InChI=1S/C21H27N3O5S/c1-2-29-17-8-10-18(11-9-17)30(27,28)23-19-14-16(21(25)26)15-22-20(19)24-12-6-4-3-5-7-13-24/h8-11,14-15,23H,2-7,12-13H2,1H3,(H,25,26). The van der Waals surface area contributed by atoms with Gasteiger partial charge in [0.05, 0.1) is 22.8 Å². The molecule has 30 heavy (non-hydrogen) atoms. The maximum atomic E-state index is 13.0. The van der Waals surface area contributed by atoms with E-state index in [1.165, 1.54) is 30.8 Å².